The van der Waals surface area contributed by atoms with Gasteiger partial charge in [-0.15, -0.1) is 0 Å². The van der Waals surface area contributed by atoms with Crippen molar-refractivity contribution in [3.05, 3.63) is 17.5 Å². The number of nitrogens with one attached hydrogen (secondary N) is 1. The lowest BCUT2D eigenvalue weighted by Crippen LogP contribution is -2.48. The maximum Gasteiger partial charge on any atom is 0.269 e. The second-order valence-electron chi connectivity index (χ2n) is 5.72. The van der Waals surface area contributed by atoms with Crippen molar-refractivity contribution in [1.82, 2.24) is 15.1 Å². The Balaban J connectivity index is 2.00. The van der Waals surface area contributed by atoms with Gasteiger partial charge in [-0.1, -0.05) is 20.8 Å². The Morgan fingerprint density at radius 3 is 2.72 bits per heavy atom. The lowest BCUT2D eigenvalue weighted by atomic mass is 9.89. The fourth-order valence-electron chi connectivity index (χ4n) is 1.92. The molecule has 1 aromatic rings. The maximum atomic E-state index is 12.1. The van der Waals surface area contributed by atoms with Crippen LogP contribution in [0, 0.1) is 5.41 Å². The summed E-state index contributed by atoms with van der Waals surface area (Å²) in [6.45, 7) is 8.33. The molecule has 0 bridgehead atoms. The van der Waals surface area contributed by atoms with Gasteiger partial charge in [0.25, 0.3) is 5.91 Å². The molecule has 100 valence electrons. The summed E-state index contributed by atoms with van der Waals surface area (Å²) in [5.74, 6) is 0.264. The number of hydrogen-bond donors (Lipinski definition) is 1. The van der Waals surface area contributed by atoms with E-state index in [1.807, 2.05) is 6.07 Å². The molecule has 0 aromatic carbocycles. The minimum absolute atomic E-state index is 0.0648. The topological polar surface area (TPSA) is 56.1 Å². The molecule has 0 atom stereocenters. The summed E-state index contributed by atoms with van der Waals surface area (Å²) < 4.78 is 6.81. The largest absolute Gasteiger partial charge is 0.380 e. The SMILES string of the molecule is CC(C)c1cc(C(=O)NCC2(C)COC2)n(C)n1. The van der Waals surface area contributed by atoms with Crippen molar-refractivity contribution in [3.8, 4) is 0 Å². The van der Waals surface area contributed by atoms with Crippen LogP contribution >= 0.6 is 0 Å². The molecule has 1 saturated heterocycles. The van der Waals surface area contributed by atoms with E-state index in [0.717, 1.165) is 18.9 Å². The van der Waals surface area contributed by atoms with Crippen molar-refractivity contribution in [2.24, 2.45) is 12.5 Å². The van der Waals surface area contributed by atoms with E-state index in [-0.39, 0.29) is 11.3 Å². The van der Waals surface area contributed by atoms with Crippen molar-refractivity contribution in [1.29, 1.82) is 0 Å². The van der Waals surface area contributed by atoms with Gasteiger partial charge >= 0.3 is 0 Å². The molecule has 1 aliphatic heterocycles. The van der Waals surface area contributed by atoms with Gasteiger partial charge in [0.15, 0.2) is 0 Å². The summed E-state index contributed by atoms with van der Waals surface area (Å²) in [5, 5.41) is 7.30. The number of aromatic nitrogens is 2. The van der Waals surface area contributed by atoms with Crippen LogP contribution in [0.2, 0.25) is 0 Å². The second-order valence-corrected chi connectivity index (χ2v) is 5.72. The van der Waals surface area contributed by atoms with E-state index in [2.05, 4.69) is 31.2 Å². The number of carbonyl (C=O) groups is 1. The third kappa shape index (κ3) is 2.56. The van der Waals surface area contributed by atoms with Gasteiger partial charge in [-0.05, 0) is 12.0 Å². The number of nitrogens with zero attached hydrogens (tertiary/aromatic N) is 2. The highest BCUT2D eigenvalue weighted by atomic mass is 16.5. The number of amides is 1. The standard InChI is InChI=1S/C13H21N3O2/c1-9(2)10-5-11(16(4)15-10)12(17)14-6-13(3)7-18-8-13/h5,9H,6-8H2,1-4H3,(H,14,17). The average molecular weight is 251 g/mol. The van der Waals surface area contributed by atoms with Gasteiger partial charge in [-0.3, -0.25) is 9.48 Å². The van der Waals surface area contributed by atoms with E-state index >= 15 is 0 Å². The van der Waals surface area contributed by atoms with Crippen molar-refractivity contribution in [2.45, 2.75) is 26.7 Å². The van der Waals surface area contributed by atoms with Crippen LogP contribution in [0.15, 0.2) is 6.07 Å². The van der Waals surface area contributed by atoms with Crippen LogP contribution in [0.3, 0.4) is 0 Å². The Hall–Kier alpha value is -1.36. The number of hydrogen-bond acceptors (Lipinski definition) is 3. The van der Waals surface area contributed by atoms with Crippen LogP contribution in [0.5, 0.6) is 0 Å². The highest BCUT2D eigenvalue weighted by Gasteiger charge is 2.33. The molecule has 0 spiro atoms. The Morgan fingerprint density at radius 2 is 2.28 bits per heavy atom. The zero-order chi connectivity index (χ0) is 13.3. The molecule has 18 heavy (non-hydrogen) atoms. The van der Waals surface area contributed by atoms with Crippen LogP contribution in [0.1, 0.15) is 42.9 Å². The average Bonchev–Trinajstić information content (AvgIpc) is 2.66. The molecule has 1 N–H and O–H groups in total. The van der Waals surface area contributed by atoms with Crippen LogP contribution in [-0.2, 0) is 11.8 Å². The number of carbonyl (C=O) groups excluding carboxylic acids is 1. The maximum absolute atomic E-state index is 12.1. The van der Waals surface area contributed by atoms with Gasteiger partial charge in [0.05, 0.1) is 18.9 Å². The fraction of sp³-hybridized carbons (Fsp3) is 0.692. The Kier molecular flexibility index (Phi) is 3.43. The van der Waals surface area contributed by atoms with Crippen LogP contribution in [-0.4, -0.2) is 35.4 Å². The van der Waals surface area contributed by atoms with Gasteiger partial charge < -0.3 is 10.1 Å². The molecule has 2 heterocycles. The molecule has 0 radical (unpaired) electrons. The van der Waals surface area contributed by atoms with E-state index in [4.69, 9.17) is 4.74 Å². The zero-order valence-corrected chi connectivity index (χ0v) is 11.5. The number of ether oxygens (including phenoxy) is 1. The molecule has 2 rings (SSSR count). The first-order chi connectivity index (χ1) is 8.41. The summed E-state index contributed by atoms with van der Waals surface area (Å²) in [4.78, 5) is 12.1. The highest BCUT2D eigenvalue weighted by molar-refractivity contribution is 5.92. The summed E-state index contributed by atoms with van der Waals surface area (Å²) >= 11 is 0. The quantitative estimate of drug-likeness (QED) is 0.877. The first-order valence-electron chi connectivity index (χ1n) is 6.31. The minimum Gasteiger partial charge on any atom is -0.380 e. The first kappa shape index (κ1) is 13.1. The van der Waals surface area contributed by atoms with E-state index in [1.165, 1.54) is 0 Å². The van der Waals surface area contributed by atoms with Crippen LogP contribution < -0.4 is 5.32 Å². The fourth-order valence-corrected chi connectivity index (χ4v) is 1.92. The Morgan fingerprint density at radius 1 is 1.61 bits per heavy atom. The van der Waals surface area contributed by atoms with Crippen molar-refractivity contribution >= 4 is 5.91 Å². The molecular formula is C13H21N3O2. The smallest absolute Gasteiger partial charge is 0.269 e. The molecule has 5 heteroatoms. The van der Waals surface area contributed by atoms with Gasteiger partial charge in [0.2, 0.25) is 0 Å². The van der Waals surface area contributed by atoms with Gasteiger partial charge in [-0.25, -0.2) is 0 Å². The van der Waals surface area contributed by atoms with Gasteiger partial charge in [0, 0.05) is 19.0 Å². The molecule has 0 saturated carbocycles. The molecule has 1 aliphatic rings. The van der Waals surface area contributed by atoms with Crippen molar-refractivity contribution in [2.75, 3.05) is 19.8 Å². The number of rotatable bonds is 4. The second kappa shape index (κ2) is 4.72. The molecule has 0 unspecified atom stereocenters. The molecule has 1 aromatic heterocycles. The van der Waals surface area contributed by atoms with Gasteiger partial charge in [-0.2, -0.15) is 5.10 Å². The predicted molar refractivity (Wildman–Crippen MR) is 68.6 cm³/mol. The summed E-state index contributed by atoms with van der Waals surface area (Å²) in [7, 11) is 1.80. The van der Waals surface area contributed by atoms with Crippen molar-refractivity contribution in [3.63, 3.8) is 0 Å². The lowest BCUT2D eigenvalue weighted by Gasteiger charge is -2.37. The zero-order valence-electron chi connectivity index (χ0n) is 11.5. The first-order valence-corrected chi connectivity index (χ1v) is 6.31. The van der Waals surface area contributed by atoms with Gasteiger partial charge in [0.1, 0.15) is 5.69 Å². The lowest BCUT2D eigenvalue weighted by molar-refractivity contribution is -0.0978. The summed E-state index contributed by atoms with van der Waals surface area (Å²) in [6.07, 6.45) is 0. The summed E-state index contributed by atoms with van der Waals surface area (Å²) in [5.41, 5.74) is 1.65. The third-order valence-corrected chi connectivity index (χ3v) is 3.30. The van der Waals surface area contributed by atoms with E-state index in [1.54, 1.807) is 11.7 Å². The minimum atomic E-state index is -0.0648. The number of aryl methyl sites for hydroxylation is 1. The van der Waals surface area contributed by atoms with Crippen LogP contribution in [0.25, 0.3) is 0 Å². The third-order valence-electron chi connectivity index (χ3n) is 3.30. The molecule has 1 fully saturated rings. The molecule has 5 nitrogen and oxygen atoms in total. The van der Waals surface area contributed by atoms with Crippen molar-refractivity contribution < 1.29 is 9.53 Å². The highest BCUT2D eigenvalue weighted by Crippen LogP contribution is 2.25. The normalized spacial score (nSPS) is 17.6. The predicted octanol–water partition coefficient (Wildman–Crippen LogP) is 1.31. The molecular weight excluding hydrogens is 230 g/mol. The molecule has 0 aliphatic carbocycles. The van der Waals surface area contributed by atoms with E-state index in [9.17, 15) is 4.79 Å². The monoisotopic (exact) mass is 251 g/mol. The Labute approximate surface area is 108 Å². The van der Waals surface area contributed by atoms with Crippen LogP contribution in [0.4, 0.5) is 0 Å². The van der Waals surface area contributed by atoms with E-state index < -0.39 is 0 Å². The van der Waals surface area contributed by atoms with E-state index in [0.29, 0.717) is 18.2 Å². The Bertz CT molecular complexity index is 447. The molecule has 1 amide bonds. The summed E-state index contributed by atoms with van der Waals surface area (Å²) in [6, 6.07) is 1.86.